The highest BCUT2D eigenvalue weighted by molar-refractivity contribution is 5.81. The van der Waals surface area contributed by atoms with Gasteiger partial charge < -0.3 is 25.8 Å². The van der Waals surface area contributed by atoms with Gasteiger partial charge in [-0.1, -0.05) is 6.07 Å². The van der Waals surface area contributed by atoms with Crippen LogP contribution in [0.1, 0.15) is 11.6 Å². The van der Waals surface area contributed by atoms with Crippen molar-refractivity contribution in [3.05, 3.63) is 23.8 Å². The molecule has 0 fully saturated rings. The molecule has 0 spiro atoms. The van der Waals surface area contributed by atoms with Gasteiger partial charge in [0.05, 0.1) is 7.11 Å². The Morgan fingerprint density at radius 2 is 2.21 bits per heavy atom. The lowest BCUT2D eigenvalue weighted by Gasteiger charge is -2.18. The first-order valence-electron chi connectivity index (χ1n) is 6.00. The van der Waals surface area contributed by atoms with Crippen LogP contribution >= 0.6 is 0 Å². The van der Waals surface area contributed by atoms with Crippen molar-refractivity contribution in [2.45, 2.75) is 6.04 Å². The van der Waals surface area contributed by atoms with E-state index in [0.29, 0.717) is 17.9 Å². The lowest BCUT2D eigenvalue weighted by atomic mass is 10.1. The summed E-state index contributed by atoms with van der Waals surface area (Å²) in [5.41, 5.74) is 5.99. The van der Waals surface area contributed by atoms with E-state index >= 15 is 0 Å². The number of aromatic hydroxyl groups is 1. The van der Waals surface area contributed by atoms with Gasteiger partial charge in [-0.2, -0.15) is 0 Å². The smallest absolute Gasteiger partial charge is 0.239 e. The van der Waals surface area contributed by atoms with Crippen molar-refractivity contribution in [1.29, 1.82) is 0 Å². The van der Waals surface area contributed by atoms with Crippen molar-refractivity contribution in [2.75, 3.05) is 34.3 Å². The number of primary amides is 1. The number of ether oxygens (including phenoxy) is 1. The largest absolute Gasteiger partial charge is 0.504 e. The van der Waals surface area contributed by atoms with Crippen LogP contribution in [0, 0.1) is 0 Å². The average Bonchev–Trinajstić information content (AvgIpc) is 2.33. The summed E-state index contributed by atoms with van der Waals surface area (Å²) in [5, 5.41) is 12.8. The average molecular weight is 267 g/mol. The third-order valence-corrected chi connectivity index (χ3v) is 2.73. The fourth-order valence-electron chi connectivity index (χ4n) is 1.70. The fraction of sp³-hybridized carbons (Fsp3) is 0.462. The summed E-state index contributed by atoms with van der Waals surface area (Å²) in [4.78, 5) is 13.5. The normalized spacial score (nSPS) is 12.4. The molecule has 106 valence electrons. The number of amides is 1. The number of methoxy groups -OCH3 is 1. The molecule has 0 aliphatic heterocycles. The molecule has 1 unspecified atom stereocenters. The summed E-state index contributed by atoms with van der Waals surface area (Å²) >= 11 is 0. The van der Waals surface area contributed by atoms with Crippen LogP contribution in [0.25, 0.3) is 0 Å². The maximum absolute atomic E-state index is 11.5. The summed E-state index contributed by atoms with van der Waals surface area (Å²) in [6.45, 7) is 1.40. The number of nitrogens with one attached hydrogen (secondary N) is 1. The van der Waals surface area contributed by atoms with Crippen LogP contribution in [0.15, 0.2) is 18.2 Å². The SMILES string of the molecule is COc1ccc(C(NCCN(C)C)C(N)=O)cc1O. The van der Waals surface area contributed by atoms with Crippen molar-refractivity contribution >= 4 is 5.91 Å². The molecule has 0 aliphatic carbocycles. The lowest BCUT2D eigenvalue weighted by molar-refractivity contribution is -0.120. The molecule has 6 nitrogen and oxygen atoms in total. The minimum Gasteiger partial charge on any atom is -0.504 e. The van der Waals surface area contributed by atoms with Crippen LogP contribution in [-0.4, -0.2) is 50.2 Å². The Labute approximate surface area is 113 Å². The number of nitrogens with zero attached hydrogens (tertiary/aromatic N) is 1. The van der Waals surface area contributed by atoms with Gasteiger partial charge in [0.25, 0.3) is 0 Å². The Balaban J connectivity index is 2.81. The maximum Gasteiger partial charge on any atom is 0.239 e. The molecule has 0 heterocycles. The summed E-state index contributed by atoms with van der Waals surface area (Å²) in [6.07, 6.45) is 0. The number of hydrogen-bond donors (Lipinski definition) is 3. The number of nitrogens with two attached hydrogens (primary N) is 1. The number of phenolic OH excluding ortho intramolecular Hbond substituents is 1. The molecule has 0 saturated carbocycles. The van der Waals surface area contributed by atoms with Gasteiger partial charge in [-0.05, 0) is 31.8 Å². The van der Waals surface area contributed by atoms with E-state index in [1.807, 2.05) is 19.0 Å². The zero-order valence-corrected chi connectivity index (χ0v) is 11.5. The van der Waals surface area contributed by atoms with E-state index < -0.39 is 11.9 Å². The summed E-state index contributed by atoms with van der Waals surface area (Å²) in [7, 11) is 5.36. The monoisotopic (exact) mass is 267 g/mol. The summed E-state index contributed by atoms with van der Waals surface area (Å²) < 4.78 is 4.96. The van der Waals surface area contributed by atoms with Gasteiger partial charge in [0.1, 0.15) is 6.04 Å². The highest BCUT2D eigenvalue weighted by atomic mass is 16.5. The summed E-state index contributed by atoms with van der Waals surface area (Å²) in [6, 6.07) is 4.17. The second kappa shape index (κ2) is 6.96. The van der Waals surface area contributed by atoms with Crippen molar-refractivity contribution in [3.63, 3.8) is 0 Å². The van der Waals surface area contributed by atoms with E-state index in [1.165, 1.54) is 13.2 Å². The lowest BCUT2D eigenvalue weighted by Crippen LogP contribution is -2.37. The third-order valence-electron chi connectivity index (χ3n) is 2.73. The van der Waals surface area contributed by atoms with Crippen LogP contribution in [0.5, 0.6) is 11.5 Å². The zero-order chi connectivity index (χ0) is 14.4. The molecule has 0 radical (unpaired) electrons. The molecule has 1 amide bonds. The minimum absolute atomic E-state index is 0.0133. The first kappa shape index (κ1) is 15.3. The zero-order valence-electron chi connectivity index (χ0n) is 11.5. The van der Waals surface area contributed by atoms with Crippen molar-refractivity contribution < 1.29 is 14.6 Å². The minimum atomic E-state index is -0.628. The standard InChI is InChI=1S/C13H21N3O3/c1-16(2)7-6-15-12(13(14)18)9-4-5-11(19-3)10(17)8-9/h4-5,8,12,15,17H,6-7H2,1-3H3,(H2,14,18). The predicted molar refractivity (Wildman–Crippen MR) is 73.2 cm³/mol. The first-order chi connectivity index (χ1) is 8.95. The van der Waals surface area contributed by atoms with Crippen molar-refractivity contribution in [2.24, 2.45) is 5.73 Å². The first-order valence-corrected chi connectivity index (χ1v) is 6.00. The van der Waals surface area contributed by atoms with Gasteiger partial charge in [-0.15, -0.1) is 0 Å². The van der Waals surface area contributed by atoms with E-state index in [2.05, 4.69) is 5.32 Å². The number of phenols is 1. The van der Waals surface area contributed by atoms with Crippen molar-refractivity contribution in [3.8, 4) is 11.5 Å². The van der Waals surface area contributed by atoms with E-state index in [4.69, 9.17) is 10.5 Å². The van der Waals surface area contributed by atoms with Crippen LogP contribution < -0.4 is 15.8 Å². The Kier molecular flexibility index (Phi) is 5.59. The molecular formula is C13H21N3O3. The van der Waals surface area contributed by atoms with E-state index in [9.17, 15) is 9.90 Å². The summed E-state index contributed by atoms with van der Waals surface area (Å²) in [5.74, 6) is -0.135. The van der Waals surface area contributed by atoms with Gasteiger partial charge in [0, 0.05) is 13.1 Å². The highest BCUT2D eigenvalue weighted by Gasteiger charge is 2.18. The van der Waals surface area contributed by atoms with Crippen molar-refractivity contribution in [1.82, 2.24) is 10.2 Å². The number of carbonyl (C=O) groups is 1. The molecule has 6 heteroatoms. The van der Waals surface area contributed by atoms with Crippen LogP contribution in [0.3, 0.4) is 0 Å². The number of carbonyl (C=O) groups excluding carboxylic acids is 1. The molecule has 1 aromatic carbocycles. The topological polar surface area (TPSA) is 87.8 Å². The molecule has 0 aromatic heterocycles. The second-order valence-corrected chi connectivity index (χ2v) is 4.52. The Morgan fingerprint density at radius 3 is 2.68 bits per heavy atom. The number of benzene rings is 1. The van der Waals surface area contributed by atoms with Gasteiger partial charge in [0.2, 0.25) is 5.91 Å². The van der Waals surface area contributed by atoms with Crippen LogP contribution in [0.2, 0.25) is 0 Å². The van der Waals surface area contributed by atoms with Gasteiger partial charge in [0.15, 0.2) is 11.5 Å². The fourth-order valence-corrected chi connectivity index (χ4v) is 1.70. The molecule has 19 heavy (non-hydrogen) atoms. The predicted octanol–water partition coefficient (Wildman–Crippen LogP) is 0.0784. The number of rotatable bonds is 7. The third kappa shape index (κ3) is 4.42. The van der Waals surface area contributed by atoms with E-state index in [1.54, 1.807) is 12.1 Å². The Bertz CT molecular complexity index is 435. The van der Waals surface area contributed by atoms with E-state index in [-0.39, 0.29) is 5.75 Å². The van der Waals surface area contributed by atoms with Crippen LogP contribution in [-0.2, 0) is 4.79 Å². The Hall–Kier alpha value is -1.79. The van der Waals surface area contributed by atoms with E-state index in [0.717, 1.165) is 6.54 Å². The molecule has 1 aromatic rings. The molecule has 0 bridgehead atoms. The number of likely N-dealkylation sites (N-methyl/N-ethyl adjacent to an activating group) is 1. The quantitative estimate of drug-likeness (QED) is 0.651. The van der Waals surface area contributed by atoms with Gasteiger partial charge in [-0.3, -0.25) is 4.79 Å². The highest BCUT2D eigenvalue weighted by Crippen LogP contribution is 2.28. The molecule has 0 aliphatic rings. The Morgan fingerprint density at radius 1 is 1.53 bits per heavy atom. The molecular weight excluding hydrogens is 246 g/mol. The second-order valence-electron chi connectivity index (χ2n) is 4.52. The van der Waals surface area contributed by atoms with Gasteiger partial charge >= 0.3 is 0 Å². The molecule has 1 rings (SSSR count). The number of hydrogen-bond acceptors (Lipinski definition) is 5. The molecule has 1 atom stereocenters. The molecule has 4 N–H and O–H groups in total. The van der Waals surface area contributed by atoms with Crippen LogP contribution in [0.4, 0.5) is 0 Å². The molecule has 0 saturated heterocycles. The maximum atomic E-state index is 11.5. The van der Waals surface area contributed by atoms with Gasteiger partial charge in [-0.25, -0.2) is 0 Å².